The van der Waals surface area contributed by atoms with Gasteiger partial charge in [0, 0.05) is 50.3 Å². The van der Waals surface area contributed by atoms with Crippen molar-refractivity contribution in [1.82, 2.24) is 19.3 Å². The molecule has 1 aromatic carbocycles. The first-order valence-corrected chi connectivity index (χ1v) is 14.1. The summed E-state index contributed by atoms with van der Waals surface area (Å²) in [5, 5.41) is 30.8. The number of fused-ring (bicyclic) bond motifs is 1. The summed E-state index contributed by atoms with van der Waals surface area (Å²) in [6.07, 6.45) is 3.06. The largest absolute Gasteiger partial charge is 0.494 e. The van der Waals surface area contributed by atoms with Crippen LogP contribution in [0.4, 0.5) is 0 Å². The first kappa shape index (κ1) is 29.5. The zero-order chi connectivity index (χ0) is 28.8. The van der Waals surface area contributed by atoms with Gasteiger partial charge in [-0.2, -0.15) is 0 Å². The SMILES string of the molecule is CCCCN(CCCN(C)C)C(=O)CN1C[C@H](c2ccc3c(c2)OCO3)[C@@H](C(=O)O)[C@@H]1CCn1c(O)ccc1O. The third-order valence-electron chi connectivity index (χ3n) is 7.95. The first-order chi connectivity index (χ1) is 19.2. The van der Waals surface area contributed by atoms with Crippen LogP contribution in [-0.4, -0.2) is 106 Å². The van der Waals surface area contributed by atoms with Gasteiger partial charge in [0.1, 0.15) is 0 Å². The van der Waals surface area contributed by atoms with E-state index < -0.39 is 17.9 Å². The van der Waals surface area contributed by atoms with Gasteiger partial charge in [0.05, 0.1) is 12.5 Å². The fraction of sp³-hybridized carbons (Fsp3) is 0.586. The summed E-state index contributed by atoms with van der Waals surface area (Å²) in [5.41, 5.74) is 0.817. The monoisotopic (exact) mass is 558 g/mol. The number of benzene rings is 1. The van der Waals surface area contributed by atoms with Crippen molar-refractivity contribution in [3.05, 3.63) is 35.9 Å². The number of nitrogens with zero attached hydrogens (tertiary/aromatic N) is 4. The molecule has 0 aliphatic carbocycles. The van der Waals surface area contributed by atoms with E-state index in [1.807, 2.05) is 36.0 Å². The van der Waals surface area contributed by atoms with Crippen molar-refractivity contribution in [2.45, 2.75) is 51.1 Å². The number of carboxylic acid groups (broad SMARTS) is 1. The highest BCUT2D eigenvalue weighted by molar-refractivity contribution is 5.79. The van der Waals surface area contributed by atoms with Crippen LogP contribution in [0.5, 0.6) is 23.3 Å². The number of aromatic hydroxyl groups is 2. The quantitative estimate of drug-likeness (QED) is 0.321. The molecule has 2 aromatic rings. The molecule has 11 heteroatoms. The Kier molecular flexibility index (Phi) is 9.80. The van der Waals surface area contributed by atoms with Crippen molar-refractivity contribution in [1.29, 1.82) is 0 Å². The number of carbonyl (C=O) groups is 2. The zero-order valence-corrected chi connectivity index (χ0v) is 23.7. The fourth-order valence-corrected chi connectivity index (χ4v) is 5.83. The second kappa shape index (κ2) is 13.3. The van der Waals surface area contributed by atoms with Crippen molar-refractivity contribution in [3.63, 3.8) is 0 Å². The molecule has 4 rings (SSSR count). The average molecular weight is 559 g/mol. The number of carbonyl (C=O) groups excluding carboxylic acids is 1. The van der Waals surface area contributed by atoms with Crippen molar-refractivity contribution in [3.8, 4) is 23.3 Å². The van der Waals surface area contributed by atoms with E-state index in [1.54, 1.807) is 6.07 Å². The molecule has 3 N–H and O–H groups in total. The highest BCUT2D eigenvalue weighted by Crippen LogP contribution is 2.43. The fourth-order valence-electron chi connectivity index (χ4n) is 5.83. The topological polar surface area (TPSA) is 128 Å². The van der Waals surface area contributed by atoms with Crippen LogP contribution in [0.25, 0.3) is 0 Å². The van der Waals surface area contributed by atoms with Crippen LogP contribution in [0.15, 0.2) is 30.3 Å². The third-order valence-corrected chi connectivity index (χ3v) is 7.95. The molecule has 0 radical (unpaired) electrons. The number of unbranched alkanes of at least 4 members (excludes halogenated alkanes) is 1. The van der Waals surface area contributed by atoms with Gasteiger partial charge in [0.2, 0.25) is 12.7 Å². The Morgan fingerprint density at radius 3 is 2.38 bits per heavy atom. The van der Waals surface area contributed by atoms with Crippen molar-refractivity contribution in [2.24, 2.45) is 5.92 Å². The van der Waals surface area contributed by atoms with Crippen LogP contribution in [0.2, 0.25) is 0 Å². The number of amides is 1. The summed E-state index contributed by atoms with van der Waals surface area (Å²) in [7, 11) is 4.02. The van der Waals surface area contributed by atoms with Crippen molar-refractivity contribution in [2.75, 3.05) is 53.6 Å². The molecule has 0 unspecified atom stereocenters. The lowest BCUT2D eigenvalue weighted by Crippen LogP contribution is -2.45. The van der Waals surface area contributed by atoms with E-state index in [-0.39, 0.29) is 43.5 Å². The van der Waals surface area contributed by atoms with Gasteiger partial charge in [-0.15, -0.1) is 0 Å². The lowest BCUT2D eigenvalue weighted by molar-refractivity contribution is -0.144. The minimum atomic E-state index is -0.947. The number of carboxylic acids is 1. The van der Waals surface area contributed by atoms with Gasteiger partial charge in [0.15, 0.2) is 23.3 Å². The number of hydrogen-bond acceptors (Lipinski definition) is 8. The summed E-state index contributed by atoms with van der Waals surface area (Å²) in [5.74, 6) is -1.12. The zero-order valence-electron chi connectivity index (χ0n) is 23.7. The van der Waals surface area contributed by atoms with Crippen LogP contribution < -0.4 is 9.47 Å². The third kappa shape index (κ3) is 6.82. The molecule has 1 fully saturated rings. The molecule has 1 aromatic heterocycles. The van der Waals surface area contributed by atoms with Crippen LogP contribution >= 0.6 is 0 Å². The van der Waals surface area contributed by atoms with Gasteiger partial charge < -0.3 is 34.6 Å². The predicted molar refractivity (Wildman–Crippen MR) is 149 cm³/mol. The molecule has 1 amide bonds. The Balaban J connectivity index is 1.59. The van der Waals surface area contributed by atoms with Gasteiger partial charge >= 0.3 is 5.97 Å². The molecule has 11 nitrogen and oxygen atoms in total. The van der Waals surface area contributed by atoms with Gasteiger partial charge in [0.25, 0.3) is 0 Å². The summed E-state index contributed by atoms with van der Waals surface area (Å²) < 4.78 is 12.3. The molecule has 40 heavy (non-hydrogen) atoms. The average Bonchev–Trinajstić information content (AvgIpc) is 3.61. The first-order valence-electron chi connectivity index (χ1n) is 14.1. The Hall–Kier alpha value is -3.44. The minimum Gasteiger partial charge on any atom is -0.494 e. The highest BCUT2D eigenvalue weighted by Gasteiger charge is 2.47. The smallest absolute Gasteiger partial charge is 0.308 e. The number of aromatic nitrogens is 1. The van der Waals surface area contributed by atoms with E-state index in [9.17, 15) is 24.9 Å². The normalized spacial score (nSPS) is 20.4. The Labute approximate surface area is 235 Å². The van der Waals surface area contributed by atoms with Gasteiger partial charge in [-0.25, -0.2) is 0 Å². The van der Waals surface area contributed by atoms with E-state index in [0.29, 0.717) is 37.6 Å². The molecule has 0 bridgehead atoms. The standard InChI is InChI=1S/C29H42N4O7/c1-4-5-13-31(14-6-12-30(2)3)27(36)18-32-17-21(20-7-8-23-24(16-20)40-19-39-23)28(29(37)38)22(32)11-15-33-25(34)9-10-26(33)35/h7-10,16,21-22,28,34-35H,4-6,11-15,17-19H2,1-3H3,(H,37,38)/t21-,22+,28-/m1/s1. The molecular formula is C29H42N4O7. The molecular weight excluding hydrogens is 516 g/mol. The number of ether oxygens (including phenoxy) is 2. The summed E-state index contributed by atoms with van der Waals surface area (Å²) in [4.78, 5) is 32.4. The van der Waals surface area contributed by atoms with Crippen LogP contribution in [0, 0.1) is 5.92 Å². The van der Waals surface area contributed by atoms with E-state index in [2.05, 4.69) is 11.8 Å². The number of hydrogen-bond donors (Lipinski definition) is 3. The van der Waals surface area contributed by atoms with Crippen LogP contribution in [0.1, 0.15) is 44.1 Å². The van der Waals surface area contributed by atoms with E-state index in [1.165, 1.54) is 16.7 Å². The van der Waals surface area contributed by atoms with Crippen LogP contribution in [0.3, 0.4) is 0 Å². The maximum Gasteiger partial charge on any atom is 0.308 e. The predicted octanol–water partition coefficient (Wildman–Crippen LogP) is 2.77. The van der Waals surface area contributed by atoms with Crippen LogP contribution in [-0.2, 0) is 16.1 Å². The summed E-state index contributed by atoms with van der Waals surface area (Å²) in [6.45, 7) is 5.11. The molecule has 3 atom stereocenters. The molecule has 3 heterocycles. The summed E-state index contributed by atoms with van der Waals surface area (Å²) in [6, 6.07) is 7.81. The molecule has 2 aliphatic rings. The van der Waals surface area contributed by atoms with E-state index in [0.717, 1.165) is 31.4 Å². The lowest BCUT2D eigenvalue weighted by Gasteiger charge is -2.30. The second-order valence-electron chi connectivity index (χ2n) is 11.0. The maximum atomic E-state index is 13.6. The maximum absolute atomic E-state index is 13.6. The minimum absolute atomic E-state index is 0.0145. The Morgan fingerprint density at radius 1 is 1.00 bits per heavy atom. The lowest BCUT2D eigenvalue weighted by atomic mass is 9.84. The number of likely N-dealkylation sites (tertiary alicyclic amines) is 1. The van der Waals surface area contributed by atoms with Gasteiger partial charge in [-0.3, -0.25) is 19.1 Å². The summed E-state index contributed by atoms with van der Waals surface area (Å²) >= 11 is 0. The molecule has 220 valence electrons. The second-order valence-corrected chi connectivity index (χ2v) is 11.0. The number of aliphatic carboxylic acids is 1. The van der Waals surface area contributed by atoms with Gasteiger partial charge in [-0.05, 0) is 57.6 Å². The molecule has 0 spiro atoms. The Bertz CT molecular complexity index is 1150. The molecule has 0 saturated carbocycles. The molecule has 1 saturated heterocycles. The highest BCUT2D eigenvalue weighted by atomic mass is 16.7. The van der Waals surface area contributed by atoms with Crippen molar-refractivity contribution >= 4 is 11.9 Å². The van der Waals surface area contributed by atoms with E-state index in [4.69, 9.17) is 9.47 Å². The molecule has 2 aliphatic heterocycles. The van der Waals surface area contributed by atoms with E-state index >= 15 is 0 Å². The number of rotatable bonds is 14. The Morgan fingerprint density at radius 2 is 1.70 bits per heavy atom. The van der Waals surface area contributed by atoms with Crippen molar-refractivity contribution < 1.29 is 34.4 Å². The van der Waals surface area contributed by atoms with Gasteiger partial charge in [-0.1, -0.05) is 19.4 Å².